The number of rotatable bonds is 7. The van der Waals surface area contributed by atoms with Crippen molar-refractivity contribution in [3.8, 4) is 6.07 Å². The van der Waals surface area contributed by atoms with Crippen LogP contribution in [0.15, 0.2) is 0 Å². The molecule has 0 saturated heterocycles. The summed E-state index contributed by atoms with van der Waals surface area (Å²) < 4.78 is 18.0. The summed E-state index contributed by atoms with van der Waals surface area (Å²) in [5.41, 5.74) is -2.61. The van der Waals surface area contributed by atoms with Crippen LogP contribution in [0.2, 0.25) is 0 Å². The highest BCUT2D eigenvalue weighted by Crippen LogP contribution is 2.68. The smallest absolute Gasteiger partial charge is 0.301 e. The highest BCUT2D eigenvalue weighted by Gasteiger charge is 2.66. The lowest BCUT2D eigenvalue weighted by molar-refractivity contribution is 0.111. The molecule has 0 fully saturated rings. The molecule has 0 aliphatic heterocycles. The Morgan fingerprint density at radius 2 is 1.62 bits per heavy atom. The first kappa shape index (κ1) is 22.7. The molecule has 0 radical (unpaired) electrons. The van der Waals surface area contributed by atoms with E-state index < -0.39 is 20.0 Å². The first-order chi connectivity index (χ1) is 9.39. The van der Waals surface area contributed by atoms with Crippen molar-refractivity contribution in [2.24, 2.45) is 0 Å². The van der Waals surface area contributed by atoms with E-state index in [0.29, 0.717) is 12.2 Å². The number of halogens is 6. The average Bonchev–Trinajstić information content (AvgIpc) is 2.31. The van der Waals surface area contributed by atoms with E-state index in [1.165, 1.54) is 6.07 Å². The zero-order valence-electron chi connectivity index (χ0n) is 10.9. The number of alkyl halides is 6. The van der Waals surface area contributed by atoms with Crippen molar-refractivity contribution < 1.29 is 13.6 Å². The molecule has 124 valence electrons. The highest BCUT2D eigenvalue weighted by molar-refractivity contribution is 8.55. The summed E-state index contributed by atoms with van der Waals surface area (Å²) in [4.78, 5) is 0. The molecule has 21 heavy (non-hydrogen) atoms. The molecule has 1 unspecified atom stereocenters. The van der Waals surface area contributed by atoms with E-state index in [2.05, 4.69) is 0 Å². The molecule has 1 atom stereocenters. The lowest BCUT2D eigenvalue weighted by atomic mass is 10.1. The number of nitriles is 1. The monoisotopic (exact) mass is 455 g/mol. The van der Waals surface area contributed by atoms with Gasteiger partial charge in [-0.15, -0.1) is 0 Å². The quantitative estimate of drug-likeness (QED) is 0.332. The second-order valence-corrected chi connectivity index (χ2v) is 12.3. The number of nitrogens with zero attached hydrogens (tertiary/aromatic N) is 1. The van der Waals surface area contributed by atoms with E-state index >= 15 is 0 Å². The van der Waals surface area contributed by atoms with Gasteiger partial charge in [0.15, 0.2) is 0 Å². The Kier molecular flexibility index (Phi) is 9.44. The topological polar surface area (TPSA) is 59.3 Å². The second-order valence-electron chi connectivity index (χ2n) is 3.58. The Morgan fingerprint density at radius 3 is 1.90 bits per heavy atom. The first-order valence-electron chi connectivity index (χ1n) is 5.53. The average molecular weight is 458 g/mol. The summed E-state index contributed by atoms with van der Waals surface area (Å²) in [5, 5.41) is 9.34. The van der Waals surface area contributed by atoms with Crippen molar-refractivity contribution in [1.29, 1.82) is 5.26 Å². The van der Waals surface area contributed by atoms with Gasteiger partial charge in [-0.25, -0.2) is 4.57 Å². The first-order valence-corrected chi connectivity index (χ1v) is 10.9. The fourth-order valence-electron chi connectivity index (χ4n) is 1.03. The lowest BCUT2D eigenvalue weighted by Crippen LogP contribution is -2.54. The van der Waals surface area contributed by atoms with Gasteiger partial charge in [-0.3, -0.25) is 4.52 Å². The molecule has 0 N–H and O–H groups in total. The van der Waals surface area contributed by atoms with E-state index in [1.807, 2.05) is 6.92 Å². The van der Waals surface area contributed by atoms with Crippen LogP contribution < -0.4 is 0 Å². The van der Waals surface area contributed by atoms with Crippen LogP contribution in [0.5, 0.6) is 0 Å². The molecule has 0 spiro atoms. The predicted octanol–water partition coefficient (Wildman–Crippen LogP) is 6.29. The normalized spacial score (nSPS) is 16.3. The van der Waals surface area contributed by atoms with Gasteiger partial charge in [0.05, 0.1) is 6.61 Å². The van der Waals surface area contributed by atoms with E-state index in [9.17, 15) is 9.83 Å². The Labute approximate surface area is 157 Å². The molecule has 0 rings (SSSR count). The molecular weight excluding hydrogens is 446 g/mol. The van der Waals surface area contributed by atoms with Crippen LogP contribution in [-0.2, 0) is 13.6 Å². The molecule has 0 aromatic carbocycles. The third-order valence-electron chi connectivity index (χ3n) is 1.95. The van der Waals surface area contributed by atoms with Crippen molar-refractivity contribution in [2.45, 2.75) is 33.5 Å². The minimum atomic E-state index is -3.88. The third-order valence-corrected chi connectivity index (χ3v) is 7.56. The van der Waals surface area contributed by atoms with Crippen LogP contribution >= 0.6 is 87.8 Å². The van der Waals surface area contributed by atoms with Crippen LogP contribution in [0, 0.1) is 11.3 Å². The van der Waals surface area contributed by atoms with E-state index in [1.54, 1.807) is 6.92 Å². The van der Waals surface area contributed by atoms with Gasteiger partial charge in [-0.2, -0.15) is 5.26 Å². The van der Waals surface area contributed by atoms with E-state index in [0.717, 1.165) is 11.4 Å². The van der Waals surface area contributed by atoms with Gasteiger partial charge < -0.3 is 4.52 Å². The number of hydrogen-bond acceptors (Lipinski definition) is 5. The van der Waals surface area contributed by atoms with Crippen molar-refractivity contribution in [3.63, 3.8) is 0 Å². The lowest BCUT2D eigenvalue weighted by Gasteiger charge is -2.39. The molecule has 0 heterocycles. The van der Waals surface area contributed by atoms with Gasteiger partial charge in [-0.1, -0.05) is 76.5 Å². The maximum absolute atomic E-state index is 12.7. The molecule has 0 saturated carbocycles. The second kappa shape index (κ2) is 8.72. The molecule has 12 heteroatoms. The minimum absolute atomic E-state index is 0.0369. The summed E-state index contributed by atoms with van der Waals surface area (Å²) in [7, 11) is 0. The van der Waals surface area contributed by atoms with Gasteiger partial charge in [-0.05, 0) is 24.7 Å². The Bertz CT molecular complexity index is 419. The maximum Gasteiger partial charge on any atom is 0.390 e. The molecule has 0 aliphatic carbocycles. The van der Waals surface area contributed by atoms with Crippen molar-refractivity contribution >= 4 is 87.8 Å². The van der Waals surface area contributed by atoms with Gasteiger partial charge in [0.25, 0.3) is 5.60 Å². The van der Waals surface area contributed by atoms with Gasteiger partial charge >= 0.3 is 6.80 Å². The predicted molar refractivity (Wildman–Crippen MR) is 92.0 cm³/mol. The van der Waals surface area contributed by atoms with Crippen LogP contribution in [0.1, 0.15) is 20.3 Å². The van der Waals surface area contributed by atoms with Crippen molar-refractivity contribution in [3.05, 3.63) is 0 Å². The van der Waals surface area contributed by atoms with Gasteiger partial charge in [0.1, 0.15) is 6.07 Å². The third kappa shape index (κ3) is 5.94. The Balaban J connectivity index is 5.78. The van der Waals surface area contributed by atoms with E-state index in [-0.39, 0.29) is 6.61 Å². The maximum atomic E-state index is 12.7. The fraction of sp³-hybridized carbons (Fsp3) is 0.889. The molecule has 0 amide bonds. The largest absolute Gasteiger partial charge is 0.390 e. The molecule has 0 aliphatic rings. The molecule has 0 aromatic rings. The molecule has 0 aromatic heterocycles. The molecule has 4 nitrogen and oxygen atoms in total. The van der Waals surface area contributed by atoms with Crippen LogP contribution in [0.4, 0.5) is 0 Å². The zero-order chi connectivity index (χ0) is 16.9. The van der Waals surface area contributed by atoms with Crippen LogP contribution in [-0.4, -0.2) is 25.5 Å². The summed E-state index contributed by atoms with van der Waals surface area (Å²) in [6.07, 6.45) is 0.673. The van der Waals surface area contributed by atoms with Gasteiger partial charge in [0, 0.05) is 5.75 Å². The fourth-order valence-corrected chi connectivity index (χ4v) is 6.93. The number of hydrogen-bond donors (Lipinski definition) is 0. The zero-order valence-corrected chi connectivity index (χ0v) is 17.2. The summed E-state index contributed by atoms with van der Waals surface area (Å²) in [6, 6.07) is 1.51. The van der Waals surface area contributed by atoms with Crippen LogP contribution in [0.25, 0.3) is 0 Å². The van der Waals surface area contributed by atoms with E-state index in [4.69, 9.17) is 78.7 Å². The highest BCUT2D eigenvalue weighted by atomic mass is 35.6. The van der Waals surface area contributed by atoms with Gasteiger partial charge in [0.2, 0.25) is 7.59 Å². The summed E-state index contributed by atoms with van der Waals surface area (Å²) in [5.74, 6) is 0.415. The van der Waals surface area contributed by atoms with Crippen molar-refractivity contribution in [1.82, 2.24) is 0 Å². The molecular formula is C9H12Cl6NO3PS. The van der Waals surface area contributed by atoms with Crippen molar-refractivity contribution in [2.75, 3.05) is 12.4 Å². The summed E-state index contributed by atoms with van der Waals surface area (Å²) >= 11 is 35.2. The SMILES string of the molecule is CCCSP(=O)(OCC)OC(C#N)(C(Cl)(Cl)Cl)C(Cl)(Cl)Cl. The van der Waals surface area contributed by atoms with Crippen LogP contribution in [0.3, 0.4) is 0 Å². The Morgan fingerprint density at radius 1 is 1.14 bits per heavy atom. The Hall–Kier alpha value is 1.73. The minimum Gasteiger partial charge on any atom is -0.301 e. The standard InChI is InChI=1S/C9H12Cl6NO3PS/c1-3-5-21-20(17,18-4-2)19-7(6-16,8(10,11)12)9(13,14)15/h3-5H2,1-2H3. The summed E-state index contributed by atoms with van der Waals surface area (Å²) in [6.45, 7) is -0.406. The molecule has 0 bridgehead atoms.